The van der Waals surface area contributed by atoms with Crippen LogP contribution in [0.1, 0.15) is 36.8 Å². The molecule has 0 spiro atoms. The van der Waals surface area contributed by atoms with Crippen molar-refractivity contribution in [3.63, 3.8) is 0 Å². The van der Waals surface area contributed by atoms with E-state index in [0.717, 1.165) is 21.5 Å². The molecule has 1 saturated carbocycles. The molecule has 0 N–H and O–H groups in total. The zero-order valence-electron chi connectivity index (χ0n) is 24.2. The first-order valence-corrected chi connectivity index (χ1v) is 16.5. The molecule has 1 aliphatic rings. The fraction of sp³-hybridized carbons (Fsp3) is 0.211. The average molecular weight is 681 g/mol. The highest BCUT2D eigenvalue weighted by atomic mass is 79.9. The molecule has 5 aromatic carbocycles. The smallest absolute Gasteiger partial charge is 0.0462 e. The Morgan fingerprint density at radius 1 is 0.476 bits per heavy atom. The van der Waals surface area contributed by atoms with Crippen molar-refractivity contribution in [2.75, 3.05) is 9.80 Å². The minimum absolute atomic E-state index is 0.512. The van der Waals surface area contributed by atoms with Crippen LogP contribution in [0.25, 0.3) is 11.1 Å². The Morgan fingerprint density at radius 2 is 0.833 bits per heavy atom. The normalized spacial score (nSPS) is 16.7. The Hall–Kier alpha value is -3.34. The van der Waals surface area contributed by atoms with Crippen molar-refractivity contribution < 1.29 is 0 Å². The summed E-state index contributed by atoms with van der Waals surface area (Å²) in [6.07, 6.45) is 4.83. The Bertz CT molecular complexity index is 1540. The molecule has 0 saturated heterocycles. The lowest BCUT2D eigenvalue weighted by Crippen LogP contribution is -2.35. The van der Waals surface area contributed by atoms with E-state index in [0.29, 0.717) is 10.9 Å². The summed E-state index contributed by atoms with van der Waals surface area (Å²) in [5.41, 5.74) is 10.9. The third-order valence-corrected chi connectivity index (χ3v) is 9.73. The summed E-state index contributed by atoms with van der Waals surface area (Å²) in [6, 6.07) is 44.8. The van der Waals surface area contributed by atoms with Crippen LogP contribution in [0.3, 0.4) is 0 Å². The molecule has 0 heterocycles. The van der Waals surface area contributed by atoms with Gasteiger partial charge >= 0.3 is 0 Å². The zero-order valence-corrected chi connectivity index (χ0v) is 27.4. The van der Waals surface area contributed by atoms with Gasteiger partial charge in [0.15, 0.2) is 0 Å². The molecule has 212 valence electrons. The molecule has 1 fully saturated rings. The van der Waals surface area contributed by atoms with Crippen molar-refractivity contribution in [2.45, 2.75) is 50.4 Å². The maximum absolute atomic E-state index is 3.84. The predicted octanol–water partition coefficient (Wildman–Crippen LogP) is 12.0. The van der Waals surface area contributed by atoms with Crippen LogP contribution < -0.4 is 9.80 Å². The van der Waals surface area contributed by atoms with Crippen molar-refractivity contribution in [3.8, 4) is 11.1 Å². The summed E-state index contributed by atoms with van der Waals surface area (Å²) in [5, 5.41) is 0. The van der Waals surface area contributed by atoms with E-state index in [1.54, 1.807) is 0 Å². The molecule has 0 bridgehead atoms. The number of alkyl halides is 1. The molecule has 5 aromatic rings. The monoisotopic (exact) mass is 678 g/mol. The highest BCUT2D eigenvalue weighted by Crippen LogP contribution is 2.39. The maximum atomic E-state index is 3.84. The van der Waals surface area contributed by atoms with Crippen LogP contribution in [0.2, 0.25) is 0 Å². The number of halogens is 2. The minimum Gasteiger partial charge on any atom is -0.338 e. The quantitative estimate of drug-likeness (QED) is 0.158. The van der Waals surface area contributed by atoms with Gasteiger partial charge in [-0.1, -0.05) is 91.5 Å². The summed E-state index contributed by atoms with van der Waals surface area (Å²) < 4.78 is 1.07. The van der Waals surface area contributed by atoms with Crippen LogP contribution >= 0.6 is 31.9 Å². The summed E-state index contributed by atoms with van der Waals surface area (Å²) in [5.74, 6) is 0. The second-order valence-corrected chi connectivity index (χ2v) is 13.6. The van der Waals surface area contributed by atoms with Crippen LogP contribution in [0.15, 0.2) is 126 Å². The van der Waals surface area contributed by atoms with Gasteiger partial charge in [-0.05, 0) is 123 Å². The highest BCUT2D eigenvalue weighted by Gasteiger charge is 2.26. The second-order valence-electron chi connectivity index (χ2n) is 11.4. The summed E-state index contributed by atoms with van der Waals surface area (Å²) in [6.45, 7) is 4.28. The lowest BCUT2D eigenvalue weighted by atomic mass is 9.93. The van der Waals surface area contributed by atoms with Gasteiger partial charge in [-0.25, -0.2) is 0 Å². The number of rotatable bonds is 7. The molecule has 0 unspecified atom stereocenters. The van der Waals surface area contributed by atoms with Crippen molar-refractivity contribution in [3.05, 3.63) is 137 Å². The SMILES string of the molecule is Cc1ccc(N(c2ccc(Br)cc2)c2ccc(-c3ccc(N(c4ccc(C)cc4)C4CCC(Br)CC4)cc3)cc2)cc1. The number of aryl methyl sites for hydroxylation is 2. The molecule has 1 aliphatic carbocycles. The number of benzene rings is 5. The lowest BCUT2D eigenvalue weighted by Gasteiger charge is -2.37. The summed E-state index contributed by atoms with van der Waals surface area (Å²) >= 11 is 7.43. The largest absolute Gasteiger partial charge is 0.338 e. The predicted molar refractivity (Wildman–Crippen MR) is 187 cm³/mol. The standard InChI is InChI=1S/C38H36Br2N2/c1-27-3-15-33(16-4-27)41(37-23-11-31(39)12-24-37)35-19-7-29(8-20-35)30-9-21-36(22-10-30)42(34-17-5-28(2)6-18-34)38-25-13-32(40)14-26-38/h3-12,15-24,32,38H,13-14,25-26H2,1-2H3. The van der Waals surface area contributed by atoms with Crippen LogP contribution in [0.5, 0.6) is 0 Å². The fourth-order valence-electron chi connectivity index (χ4n) is 5.92. The van der Waals surface area contributed by atoms with Gasteiger partial charge in [-0.2, -0.15) is 0 Å². The van der Waals surface area contributed by atoms with Crippen molar-refractivity contribution >= 4 is 60.3 Å². The Morgan fingerprint density at radius 3 is 1.29 bits per heavy atom. The van der Waals surface area contributed by atoms with Gasteiger partial charge in [0.25, 0.3) is 0 Å². The number of nitrogens with zero attached hydrogens (tertiary/aromatic N) is 2. The van der Waals surface area contributed by atoms with Crippen LogP contribution in [0, 0.1) is 13.8 Å². The topological polar surface area (TPSA) is 6.48 Å². The zero-order chi connectivity index (χ0) is 29.1. The van der Waals surface area contributed by atoms with Crippen LogP contribution in [-0.4, -0.2) is 10.9 Å². The highest BCUT2D eigenvalue weighted by molar-refractivity contribution is 9.10. The average Bonchev–Trinajstić information content (AvgIpc) is 3.02. The molecule has 0 atom stereocenters. The molecule has 42 heavy (non-hydrogen) atoms. The number of hydrogen-bond donors (Lipinski definition) is 0. The van der Waals surface area contributed by atoms with Crippen molar-refractivity contribution in [2.24, 2.45) is 0 Å². The van der Waals surface area contributed by atoms with Crippen molar-refractivity contribution in [1.29, 1.82) is 0 Å². The molecular formula is C38H36Br2N2. The van der Waals surface area contributed by atoms with E-state index in [1.807, 2.05) is 0 Å². The third-order valence-electron chi connectivity index (χ3n) is 8.28. The third kappa shape index (κ3) is 6.50. The molecule has 0 radical (unpaired) electrons. The van der Waals surface area contributed by atoms with Gasteiger partial charge in [0.1, 0.15) is 0 Å². The molecule has 2 nitrogen and oxygen atoms in total. The molecule has 6 rings (SSSR count). The molecule has 0 aliphatic heterocycles. The van der Waals surface area contributed by atoms with Gasteiger partial charge in [-0.3, -0.25) is 0 Å². The van der Waals surface area contributed by atoms with Crippen LogP contribution in [0.4, 0.5) is 28.4 Å². The summed E-state index contributed by atoms with van der Waals surface area (Å²) in [4.78, 5) is 5.51. The van der Waals surface area contributed by atoms with Gasteiger partial charge in [0.05, 0.1) is 0 Å². The van der Waals surface area contributed by atoms with E-state index in [4.69, 9.17) is 0 Å². The van der Waals surface area contributed by atoms with E-state index in [-0.39, 0.29) is 0 Å². The lowest BCUT2D eigenvalue weighted by molar-refractivity contribution is 0.448. The molecular weight excluding hydrogens is 644 g/mol. The first-order valence-electron chi connectivity index (χ1n) is 14.8. The first-order chi connectivity index (χ1) is 20.4. The van der Waals surface area contributed by atoms with Gasteiger partial charge in [0, 0.05) is 43.8 Å². The number of anilines is 5. The van der Waals surface area contributed by atoms with Crippen LogP contribution in [-0.2, 0) is 0 Å². The van der Waals surface area contributed by atoms with E-state index >= 15 is 0 Å². The van der Waals surface area contributed by atoms with Gasteiger partial charge < -0.3 is 9.80 Å². The Balaban J connectivity index is 1.28. The molecule has 0 aromatic heterocycles. The van der Waals surface area contributed by atoms with E-state index < -0.39 is 0 Å². The number of hydrogen-bond acceptors (Lipinski definition) is 2. The Kier molecular flexibility index (Phi) is 8.83. The molecule has 0 amide bonds. The second kappa shape index (κ2) is 12.9. The minimum atomic E-state index is 0.512. The first kappa shape index (κ1) is 28.8. The van der Waals surface area contributed by atoms with Crippen molar-refractivity contribution in [1.82, 2.24) is 0 Å². The fourth-order valence-corrected chi connectivity index (χ4v) is 6.71. The van der Waals surface area contributed by atoms with Gasteiger partial charge in [0.2, 0.25) is 0 Å². The van der Waals surface area contributed by atoms with E-state index in [2.05, 4.69) is 177 Å². The maximum Gasteiger partial charge on any atom is 0.0462 e. The van der Waals surface area contributed by atoms with E-state index in [1.165, 1.54) is 59.3 Å². The van der Waals surface area contributed by atoms with Gasteiger partial charge in [-0.15, -0.1) is 0 Å². The van der Waals surface area contributed by atoms with E-state index in [9.17, 15) is 0 Å². The molecule has 4 heteroatoms. The summed E-state index contributed by atoms with van der Waals surface area (Å²) in [7, 11) is 0. The Labute approximate surface area is 267 Å².